The Balaban J connectivity index is 1.75. The fourth-order valence-electron chi connectivity index (χ4n) is 2.47. The molecule has 0 aromatic heterocycles. The maximum atomic E-state index is 12.0. The van der Waals surface area contributed by atoms with E-state index in [0.29, 0.717) is 23.7 Å². The van der Waals surface area contributed by atoms with E-state index in [0.717, 1.165) is 16.9 Å². The van der Waals surface area contributed by atoms with Crippen molar-refractivity contribution in [2.75, 3.05) is 29.4 Å². The quantitative estimate of drug-likeness (QED) is 0.463. The van der Waals surface area contributed by atoms with Crippen LogP contribution in [0.15, 0.2) is 59.5 Å². The number of benzene rings is 2. The summed E-state index contributed by atoms with van der Waals surface area (Å²) in [4.78, 5) is 13.1. The van der Waals surface area contributed by atoms with Crippen molar-refractivity contribution in [3.63, 3.8) is 0 Å². The van der Waals surface area contributed by atoms with Gasteiger partial charge in [-0.2, -0.15) is 0 Å². The number of carbonyl (C=O) groups is 1. The molecule has 5 nitrogen and oxygen atoms in total. The van der Waals surface area contributed by atoms with Crippen LogP contribution < -0.4 is 9.62 Å². The zero-order valence-electron chi connectivity index (χ0n) is 15.1. The standard InChI is InChI=1S/C19H23ClN2O3S2/c1-27(24,25)22(17-8-5-7-16(20)15-17)13-6-11-19(23)21-12-14-26-18-9-3-2-4-10-18/h2-5,7-10,15H,6,11-14H2,1H3,(H,21,23). The Morgan fingerprint density at radius 1 is 1.15 bits per heavy atom. The molecule has 27 heavy (non-hydrogen) atoms. The number of sulfonamides is 1. The normalized spacial score (nSPS) is 11.2. The number of nitrogens with zero attached hydrogens (tertiary/aromatic N) is 1. The summed E-state index contributed by atoms with van der Waals surface area (Å²) >= 11 is 7.63. The second-order valence-electron chi connectivity index (χ2n) is 5.93. The van der Waals surface area contributed by atoms with Crippen LogP contribution in [0.25, 0.3) is 0 Å². The van der Waals surface area contributed by atoms with E-state index < -0.39 is 10.0 Å². The molecule has 0 saturated heterocycles. The van der Waals surface area contributed by atoms with Crippen molar-refractivity contribution >= 4 is 45.0 Å². The summed E-state index contributed by atoms with van der Waals surface area (Å²) in [6.07, 6.45) is 1.84. The Labute approximate surface area is 170 Å². The molecule has 2 rings (SSSR count). The lowest BCUT2D eigenvalue weighted by atomic mass is 10.2. The minimum atomic E-state index is -3.44. The van der Waals surface area contributed by atoms with Gasteiger partial charge in [-0.25, -0.2) is 8.42 Å². The number of anilines is 1. The zero-order valence-corrected chi connectivity index (χ0v) is 17.5. The molecule has 0 aliphatic rings. The Morgan fingerprint density at radius 2 is 1.89 bits per heavy atom. The molecular weight excluding hydrogens is 404 g/mol. The predicted octanol–water partition coefficient (Wildman–Crippen LogP) is 3.79. The first-order valence-electron chi connectivity index (χ1n) is 8.54. The molecule has 0 saturated carbocycles. The van der Waals surface area contributed by atoms with Gasteiger partial charge in [0.2, 0.25) is 15.9 Å². The minimum absolute atomic E-state index is 0.0804. The second kappa shape index (κ2) is 10.6. The third-order valence-corrected chi connectivity index (χ3v) is 6.14. The Hall–Kier alpha value is -1.70. The molecule has 0 spiro atoms. The monoisotopic (exact) mass is 426 g/mol. The number of nitrogens with one attached hydrogen (secondary N) is 1. The van der Waals surface area contributed by atoms with E-state index in [1.54, 1.807) is 36.0 Å². The van der Waals surface area contributed by atoms with Gasteiger partial charge in [0, 0.05) is 35.2 Å². The molecule has 0 aliphatic carbocycles. The highest BCUT2D eigenvalue weighted by Gasteiger charge is 2.17. The van der Waals surface area contributed by atoms with Gasteiger partial charge >= 0.3 is 0 Å². The van der Waals surface area contributed by atoms with E-state index in [1.807, 2.05) is 30.3 Å². The van der Waals surface area contributed by atoms with Crippen molar-refractivity contribution in [2.24, 2.45) is 0 Å². The summed E-state index contributed by atoms with van der Waals surface area (Å²) in [6.45, 7) is 0.799. The Kier molecular flexibility index (Phi) is 8.47. The van der Waals surface area contributed by atoms with Crippen molar-refractivity contribution in [3.8, 4) is 0 Å². The molecule has 0 bridgehead atoms. The van der Waals surface area contributed by atoms with E-state index >= 15 is 0 Å². The van der Waals surface area contributed by atoms with Crippen molar-refractivity contribution in [1.82, 2.24) is 5.32 Å². The minimum Gasteiger partial charge on any atom is -0.355 e. The Morgan fingerprint density at radius 3 is 2.56 bits per heavy atom. The summed E-state index contributed by atoms with van der Waals surface area (Å²) in [5, 5.41) is 3.33. The number of carbonyl (C=O) groups excluding carboxylic acids is 1. The molecule has 0 aliphatic heterocycles. The lowest BCUT2D eigenvalue weighted by molar-refractivity contribution is -0.121. The van der Waals surface area contributed by atoms with Gasteiger partial charge in [0.25, 0.3) is 0 Å². The van der Waals surface area contributed by atoms with Crippen LogP contribution in [0.3, 0.4) is 0 Å². The number of hydrogen-bond acceptors (Lipinski definition) is 4. The van der Waals surface area contributed by atoms with Crippen molar-refractivity contribution in [2.45, 2.75) is 17.7 Å². The first-order valence-corrected chi connectivity index (χ1v) is 11.8. The van der Waals surface area contributed by atoms with E-state index in [2.05, 4.69) is 5.32 Å². The van der Waals surface area contributed by atoms with Crippen LogP contribution in [-0.2, 0) is 14.8 Å². The smallest absolute Gasteiger partial charge is 0.232 e. The van der Waals surface area contributed by atoms with E-state index in [-0.39, 0.29) is 18.9 Å². The van der Waals surface area contributed by atoms with Gasteiger partial charge in [0.15, 0.2) is 0 Å². The zero-order chi connectivity index (χ0) is 19.7. The average Bonchev–Trinajstić information content (AvgIpc) is 2.62. The first-order chi connectivity index (χ1) is 12.9. The summed E-state index contributed by atoms with van der Waals surface area (Å²) in [7, 11) is -3.44. The summed E-state index contributed by atoms with van der Waals surface area (Å²) in [6, 6.07) is 16.7. The molecule has 0 unspecified atom stereocenters. The number of thioether (sulfide) groups is 1. The van der Waals surface area contributed by atoms with Crippen molar-refractivity contribution in [3.05, 3.63) is 59.6 Å². The maximum Gasteiger partial charge on any atom is 0.232 e. The van der Waals surface area contributed by atoms with Gasteiger partial charge in [-0.05, 0) is 36.8 Å². The topological polar surface area (TPSA) is 66.5 Å². The molecule has 0 fully saturated rings. The number of rotatable bonds is 10. The Bertz CT molecular complexity index is 845. The molecule has 1 amide bonds. The fourth-order valence-corrected chi connectivity index (χ4v) is 4.40. The fraction of sp³-hybridized carbons (Fsp3) is 0.316. The number of halogens is 1. The van der Waals surface area contributed by atoms with Crippen molar-refractivity contribution < 1.29 is 13.2 Å². The summed E-state index contributed by atoms with van der Waals surface area (Å²) in [5.74, 6) is 0.705. The summed E-state index contributed by atoms with van der Waals surface area (Å²) < 4.78 is 25.4. The maximum absolute atomic E-state index is 12.0. The van der Waals surface area contributed by atoms with Gasteiger partial charge in [-0.15, -0.1) is 11.8 Å². The van der Waals surface area contributed by atoms with Crippen LogP contribution in [0.2, 0.25) is 5.02 Å². The molecule has 2 aromatic rings. The van der Waals surface area contributed by atoms with Crippen LogP contribution in [0.4, 0.5) is 5.69 Å². The highest BCUT2D eigenvalue weighted by Crippen LogP contribution is 2.22. The van der Waals surface area contributed by atoms with Crippen LogP contribution in [0.5, 0.6) is 0 Å². The van der Waals surface area contributed by atoms with Crippen molar-refractivity contribution in [1.29, 1.82) is 0 Å². The largest absolute Gasteiger partial charge is 0.355 e. The molecule has 2 aromatic carbocycles. The van der Waals surface area contributed by atoms with Gasteiger partial charge in [-0.1, -0.05) is 35.9 Å². The first kappa shape index (κ1) is 21.6. The van der Waals surface area contributed by atoms with Gasteiger partial charge in [0.1, 0.15) is 0 Å². The highest BCUT2D eigenvalue weighted by molar-refractivity contribution is 7.99. The average molecular weight is 427 g/mol. The predicted molar refractivity (Wildman–Crippen MR) is 113 cm³/mol. The van der Waals surface area contributed by atoms with Crippen LogP contribution in [0.1, 0.15) is 12.8 Å². The van der Waals surface area contributed by atoms with Gasteiger partial charge in [-0.3, -0.25) is 9.10 Å². The summed E-state index contributed by atoms with van der Waals surface area (Å²) in [5.41, 5.74) is 0.504. The van der Waals surface area contributed by atoms with E-state index in [4.69, 9.17) is 11.6 Å². The molecule has 0 heterocycles. The van der Waals surface area contributed by atoms with E-state index in [9.17, 15) is 13.2 Å². The number of hydrogen-bond donors (Lipinski definition) is 1. The van der Waals surface area contributed by atoms with E-state index in [1.165, 1.54) is 4.31 Å². The molecule has 0 radical (unpaired) electrons. The third kappa shape index (κ3) is 7.82. The number of amides is 1. The van der Waals surface area contributed by atoms with Crippen LogP contribution in [0, 0.1) is 0 Å². The third-order valence-electron chi connectivity index (χ3n) is 3.70. The lowest BCUT2D eigenvalue weighted by Gasteiger charge is -2.22. The van der Waals surface area contributed by atoms with Crippen LogP contribution >= 0.6 is 23.4 Å². The highest BCUT2D eigenvalue weighted by atomic mass is 35.5. The molecule has 0 atom stereocenters. The molecule has 1 N–H and O–H groups in total. The molecule has 146 valence electrons. The SMILES string of the molecule is CS(=O)(=O)N(CCCC(=O)NCCSc1ccccc1)c1cccc(Cl)c1. The van der Waals surface area contributed by atoms with Gasteiger partial charge < -0.3 is 5.32 Å². The van der Waals surface area contributed by atoms with Gasteiger partial charge in [0.05, 0.1) is 11.9 Å². The lowest BCUT2D eigenvalue weighted by Crippen LogP contribution is -2.32. The molecule has 8 heteroatoms. The molecular formula is C19H23ClN2O3S2. The second-order valence-corrected chi connectivity index (χ2v) is 9.44. The van der Waals surface area contributed by atoms with Crippen LogP contribution in [-0.4, -0.2) is 39.4 Å².